The summed E-state index contributed by atoms with van der Waals surface area (Å²) in [5.41, 5.74) is 1.01. The lowest BCUT2D eigenvalue weighted by Gasteiger charge is -2.19. The van der Waals surface area contributed by atoms with Gasteiger partial charge in [-0.1, -0.05) is 0 Å². The number of fused-ring (bicyclic) bond motifs is 1. The molecule has 138 valence electrons. The van der Waals surface area contributed by atoms with Gasteiger partial charge in [-0.2, -0.15) is 0 Å². The fourth-order valence-electron chi connectivity index (χ4n) is 2.59. The third-order valence-electron chi connectivity index (χ3n) is 3.83. The predicted octanol–water partition coefficient (Wildman–Crippen LogP) is 3.79. The number of benzene rings is 2. The third kappa shape index (κ3) is 4.50. The maximum absolute atomic E-state index is 12.3. The van der Waals surface area contributed by atoms with Crippen molar-refractivity contribution in [3.63, 3.8) is 0 Å². The summed E-state index contributed by atoms with van der Waals surface area (Å²) in [7, 11) is 0. The van der Waals surface area contributed by atoms with Crippen molar-refractivity contribution in [1.82, 2.24) is 0 Å². The highest BCUT2D eigenvalue weighted by Crippen LogP contribution is 2.35. The second-order valence-electron chi connectivity index (χ2n) is 5.66. The van der Waals surface area contributed by atoms with Crippen LogP contribution in [0.15, 0.2) is 36.4 Å². The summed E-state index contributed by atoms with van der Waals surface area (Å²) in [6.45, 7) is 0.118. The van der Waals surface area contributed by atoms with E-state index in [9.17, 15) is 9.90 Å². The van der Waals surface area contributed by atoms with E-state index in [1.54, 1.807) is 36.4 Å². The highest BCUT2D eigenvalue weighted by molar-refractivity contribution is 14.1. The third-order valence-corrected chi connectivity index (χ3v) is 4.50. The van der Waals surface area contributed by atoms with Crippen molar-refractivity contribution in [3.05, 3.63) is 45.5 Å². The number of phenols is 1. The molecule has 0 spiro atoms. The second-order valence-corrected chi connectivity index (χ2v) is 6.90. The SMILES string of the molecule is O=C(Nc1ccc2c(c1)OCO2)O[C@@H](CCCO)c1cc(I)ccc1O. The number of rotatable bonds is 6. The van der Waals surface area contributed by atoms with Crippen LogP contribution >= 0.6 is 22.6 Å². The molecule has 2 aromatic carbocycles. The van der Waals surface area contributed by atoms with Crippen LogP contribution in [0.4, 0.5) is 10.5 Å². The van der Waals surface area contributed by atoms with Crippen molar-refractivity contribution in [2.75, 3.05) is 18.7 Å². The molecule has 0 saturated carbocycles. The van der Waals surface area contributed by atoms with E-state index in [0.29, 0.717) is 35.6 Å². The van der Waals surface area contributed by atoms with Crippen LogP contribution in [0.3, 0.4) is 0 Å². The molecular weight excluding hydrogens is 453 g/mol. The average Bonchev–Trinajstić information content (AvgIpc) is 3.08. The van der Waals surface area contributed by atoms with E-state index in [1.165, 1.54) is 0 Å². The number of amides is 1. The molecule has 0 bridgehead atoms. The second kappa shape index (κ2) is 8.45. The molecule has 2 aromatic rings. The lowest BCUT2D eigenvalue weighted by Crippen LogP contribution is -2.18. The van der Waals surface area contributed by atoms with Crippen LogP contribution in [0, 0.1) is 3.57 Å². The van der Waals surface area contributed by atoms with E-state index in [0.717, 1.165) is 3.57 Å². The van der Waals surface area contributed by atoms with Crippen LogP contribution in [0.25, 0.3) is 0 Å². The van der Waals surface area contributed by atoms with Crippen molar-refractivity contribution in [1.29, 1.82) is 0 Å². The van der Waals surface area contributed by atoms with E-state index < -0.39 is 12.2 Å². The summed E-state index contributed by atoms with van der Waals surface area (Å²) >= 11 is 2.12. The van der Waals surface area contributed by atoms with Gasteiger partial charge in [-0.25, -0.2) is 4.79 Å². The molecule has 3 N–H and O–H groups in total. The number of carbonyl (C=O) groups is 1. The molecule has 0 fully saturated rings. The Balaban J connectivity index is 1.71. The first-order valence-corrected chi connectivity index (χ1v) is 9.11. The van der Waals surface area contributed by atoms with Crippen LogP contribution in [0.2, 0.25) is 0 Å². The molecule has 1 atom stereocenters. The molecule has 3 rings (SSSR count). The minimum atomic E-state index is -0.675. The van der Waals surface area contributed by atoms with Crippen molar-refractivity contribution in [2.45, 2.75) is 18.9 Å². The van der Waals surface area contributed by atoms with Gasteiger partial charge in [0.1, 0.15) is 11.9 Å². The normalized spacial score (nSPS) is 13.3. The molecule has 0 aliphatic carbocycles. The Morgan fingerprint density at radius 1 is 1.23 bits per heavy atom. The van der Waals surface area contributed by atoms with Gasteiger partial charge in [-0.3, -0.25) is 5.32 Å². The Morgan fingerprint density at radius 2 is 2.04 bits per heavy atom. The fourth-order valence-corrected chi connectivity index (χ4v) is 3.10. The summed E-state index contributed by atoms with van der Waals surface area (Å²) in [6, 6.07) is 10.1. The number of hydrogen-bond donors (Lipinski definition) is 3. The Bertz CT molecular complexity index is 797. The predicted molar refractivity (Wildman–Crippen MR) is 103 cm³/mol. The van der Waals surface area contributed by atoms with Gasteiger partial charge in [-0.15, -0.1) is 0 Å². The van der Waals surface area contributed by atoms with Crippen molar-refractivity contribution in [2.24, 2.45) is 0 Å². The Morgan fingerprint density at radius 3 is 2.85 bits per heavy atom. The van der Waals surface area contributed by atoms with Gasteiger partial charge in [0.05, 0.1) is 0 Å². The van der Waals surface area contributed by atoms with Crippen molar-refractivity contribution in [3.8, 4) is 17.2 Å². The lowest BCUT2D eigenvalue weighted by molar-refractivity contribution is 0.0979. The van der Waals surface area contributed by atoms with E-state index in [-0.39, 0.29) is 19.1 Å². The van der Waals surface area contributed by atoms with Crippen LogP contribution < -0.4 is 14.8 Å². The molecule has 0 radical (unpaired) electrons. The summed E-state index contributed by atoms with van der Waals surface area (Å²) in [6.07, 6.45) is -0.512. The van der Waals surface area contributed by atoms with Gasteiger partial charge in [0.15, 0.2) is 11.5 Å². The van der Waals surface area contributed by atoms with E-state index in [1.807, 2.05) is 0 Å². The topological polar surface area (TPSA) is 97.3 Å². The van der Waals surface area contributed by atoms with Crippen LogP contribution in [-0.4, -0.2) is 29.7 Å². The number of aliphatic hydroxyl groups excluding tert-OH is 1. The quantitative estimate of drug-likeness (QED) is 0.555. The minimum Gasteiger partial charge on any atom is -0.508 e. The molecule has 1 amide bonds. The van der Waals surface area contributed by atoms with Crippen LogP contribution in [0.1, 0.15) is 24.5 Å². The zero-order valence-corrected chi connectivity index (χ0v) is 15.9. The largest absolute Gasteiger partial charge is 0.508 e. The number of anilines is 1. The Kier molecular flexibility index (Phi) is 6.04. The molecule has 1 heterocycles. The minimum absolute atomic E-state index is 0.0334. The van der Waals surface area contributed by atoms with Crippen LogP contribution in [0.5, 0.6) is 17.2 Å². The van der Waals surface area contributed by atoms with Crippen LogP contribution in [-0.2, 0) is 4.74 Å². The summed E-state index contributed by atoms with van der Waals surface area (Å²) in [5.74, 6) is 1.22. The van der Waals surface area contributed by atoms with Gasteiger partial charge in [-0.05, 0) is 65.8 Å². The average molecular weight is 471 g/mol. The standard InChI is InChI=1S/C18H18INO6/c19-11-3-5-14(22)13(8-11)15(2-1-7-21)26-18(23)20-12-4-6-16-17(9-12)25-10-24-16/h3-6,8-9,15,21-22H,1-2,7,10H2,(H,20,23)/t15-/m0/s1. The van der Waals surface area contributed by atoms with Gasteiger partial charge in [0, 0.05) is 27.5 Å². The Labute approximate surface area is 164 Å². The van der Waals surface area contributed by atoms with E-state index >= 15 is 0 Å². The number of nitrogens with one attached hydrogen (secondary N) is 1. The number of phenolic OH excluding ortho intramolecular Hbond substituents is 1. The number of aromatic hydroxyl groups is 1. The highest BCUT2D eigenvalue weighted by atomic mass is 127. The van der Waals surface area contributed by atoms with Gasteiger partial charge < -0.3 is 24.4 Å². The zero-order valence-electron chi connectivity index (χ0n) is 13.8. The Hall–Kier alpha value is -2.20. The highest BCUT2D eigenvalue weighted by Gasteiger charge is 2.21. The molecule has 7 nitrogen and oxygen atoms in total. The molecule has 8 heteroatoms. The number of halogens is 1. The number of hydrogen-bond acceptors (Lipinski definition) is 6. The number of carbonyl (C=O) groups excluding carboxylic acids is 1. The first-order chi connectivity index (χ1) is 12.6. The molecule has 1 aliphatic rings. The zero-order chi connectivity index (χ0) is 18.5. The smallest absolute Gasteiger partial charge is 0.412 e. The summed E-state index contributed by atoms with van der Waals surface area (Å²) in [4.78, 5) is 12.3. The van der Waals surface area contributed by atoms with E-state index in [2.05, 4.69) is 27.9 Å². The molecule has 0 unspecified atom stereocenters. The maximum atomic E-state index is 12.3. The van der Waals surface area contributed by atoms with Gasteiger partial charge in [0.2, 0.25) is 6.79 Å². The van der Waals surface area contributed by atoms with Crippen molar-refractivity contribution < 1.29 is 29.2 Å². The number of ether oxygens (including phenoxy) is 3. The van der Waals surface area contributed by atoms with Gasteiger partial charge >= 0.3 is 6.09 Å². The monoisotopic (exact) mass is 471 g/mol. The first kappa shape index (κ1) is 18.6. The summed E-state index contributed by atoms with van der Waals surface area (Å²) in [5, 5.41) is 21.8. The summed E-state index contributed by atoms with van der Waals surface area (Å²) < 4.78 is 16.9. The van der Waals surface area contributed by atoms with E-state index in [4.69, 9.17) is 19.3 Å². The molecule has 0 saturated heterocycles. The molecule has 0 aromatic heterocycles. The van der Waals surface area contributed by atoms with Gasteiger partial charge in [0.25, 0.3) is 0 Å². The number of aliphatic hydroxyl groups is 1. The molecule has 1 aliphatic heterocycles. The maximum Gasteiger partial charge on any atom is 0.412 e. The first-order valence-electron chi connectivity index (χ1n) is 8.03. The molecular formula is C18H18INO6. The lowest BCUT2D eigenvalue weighted by atomic mass is 10.0. The molecule has 26 heavy (non-hydrogen) atoms. The fraction of sp³-hybridized carbons (Fsp3) is 0.278. The van der Waals surface area contributed by atoms with Crippen molar-refractivity contribution >= 4 is 34.4 Å².